The van der Waals surface area contributed by atoms with Gasteiger partial charge in [-0.25, -0.2) is 9.97 Å². The van der Waals surface area contributed by atoms with E-state index in [1.165, 1.54) is 0 Å². The van der Waals surface area contributed by atoms with Crippen molar-refractivity contribution in [1.29, 1.82) is 0 Å². The zero-order valence-electron chi connectivity index (χ0n) is 15.9. The highest BCUT2D eigenvalue weighted by Crippen LogP contribution is 2.27. The van der Waals surface area contributed by atoms with Crippen molar-refractivity contribution in [3.8, 4) is 23.0 Å². The van der Waals surface area contributed by atoms with E-state index in [9.17, 15) is 0 Å². The fourth-order valence-corrected chi connectivity index (χ4v) is 2.69. The fourth-order valence-electron chi connectivity index (χ4n) is 2.69. The summed E-state index contributed by atoms with van der Waals surface area (Å²) in [5, 5.41) is 3.36. The van der Waals surface area contributed by atoms with Crippen LogP contribution in [0.4, 0.5) is 5.82 Å². The molecule has 3 rings (SSSR count). The minimum atomic E-state index is 0.165. The number of aryl methyl sites for hydroxylation is 1. The number of hydrogen-bond acceptors (Lipinski definition) is 7. The molecule has 0 aliphatic carbocycles. The van der Waals surface area contributed by atoms with Crippen molar-refractivity contribution in [2.75, 3.05) is 26.1 Å². The van der Waals surface area contributed by atoms with Gasteiger partial charge in [0.1, 0.15) is 12.1 Å². The number of rotatable bonds is 7. The molecular weight excluding hydrogens is 342 g/mol. The molecule has 1 atom stereocenters. The number of pyridine rings is 2. The van der Waals surface area contributed by atoms with Gasteiger partial charge in [-0.2, -0.15) is 4.98 Å². The lowest BCUT2D eigenvalue weighted by Gasteiger charge is -2.16. The van der Waals surface area contributed by atoms with E-state index in [1.54, 1.807) is 20.5 Å². The first-order valence-corrected chi connectivity index (χ1v) is 8.68. The topological polar surface area (TPSA) is 82.0 Å². The van der Waals surface area contributed by atoms with Crippen LogP contribution in [0.15, 0.2) is 42.9 Å². The lowest BCUT2D eigenvalue weighted by molar-refractivity contribution is 0.359. The first-order chi connectivity index (χ1) is 13.1. The molecule has 27 heavy (non-hydrogen) atoms. The molecule has 0 aliphatic rings. The molecule has 7 nitrogen and oxygen atoms in total. The molecule has 140 valence electrons. The molecule has 7 heteroatoms. The highest BCUT2D eigenvalue weighted by Gasteiger charge is 2.14. The van der Waals surface area contributed by atoms with Gasteiger partial charge < -0.3 is 14.8 Å². The van der Waals surface area contributed by atoms with Gasteiger partial charge in [-0.05, 0) is 25.1 Å². The Morgan fingerprint density at radius 2 is 1.89 bits per heavy atom. The molecule has 0 spiro atoms. The highest BCUT2D eigenvalue weighted by molar-refractivity contribution is 5.61. The first-order valence-electron chi connectivity index (χ1n) is 8.68. The Bertz CT molecular complexity index is 899. The molecule has 0 radical (unpaired) electrons. The standard InChI is InChI=1S/C20H23N5O2/c1-13(16-7-8-19(26-3)25-20(16)27-4)10-22-18-9-17(23-12-24-18)15-6-5-14(2)21-11-15/h5-9,11-13H,10H2,1-4H3,(H,22,23,24). The first kappa shape index (κ1) is 18.6. The van der Waals surface area contributed by atoms with Crippen LogP contribution in [0.3, 0.4) is 0 Å². The third-order valence-electron chi connectivity index (χ3n) is 4.26. The van der Waals surface area contributed by atoms with Crippen molar-refractivity contribution in [3.05, 3.63) is 54.1 Å². The van der Waals surface area contributed by atoms with E-state index in [2.05, 4.69) is 32.2 Å². The van der Waals surface area contributed by atoms with Gasteiger partial charge in [-0.1, -0.05) is 6.92 Å². The molecule has 1 N–H and O–H groups in total. The van der Waals surface area contributed by atoms with Crippen LogP contribution in [-0.4, -0.2) is 40.7 Å². The molecule has 0 fully saturated rings. The number of methoxy groups -OCH3 is 2. The van der Waals surface area contributed by atoms with Crippen molar-refractivity contribution in [1.82, 2.24) is 19.9 Å². The second-order valence-electron chi connectivity index (χ2n) is 6.21. The summed E-state index contributed by atoms with van der Waals surface area (Å²) in [6.07, 6.45) is 3.37. The van der Waals surface area contributed by atoms with Gasteiger partial charge in [0.2, 0.25) is 11.8 Å². The lowest BCUT2D eigenvalue weighted by Crippen LogP contribution is -2.12. The Hall–Kier alpha value is -3.22. The van der Waals surface area contributed by atoms with Crippen LogP contribution in [-0.2, 0) is 0 Å². The summed E-state index contributed by atoms with van der Waals surface area (Å²) in [5.74, 6) is 2.02. The predicted molar refractivity (Wildman–Crippen MR) is 104 cm³/mol. The van der Waals surface area contributed by atoms with E-state index in [4.69, 9.17) is 9.47 Å². The van der Waals surface area contributed by atoms with Crippen molar-refractivity contribution in [2.45, 2.75) is 19.8 Å². The zero-order chi connectivity index (χ0) is 19.2. The molecule has 0 amide bonds. The van der Waals surface area contributed by atoms with Crippen LogP contribution in [0.25, 0.3) is 11.3 Å². The maximum atomic E-state index is 5.40. The van der Waals surface area contributed by atoms with Gasteiger partial charge in [0, 0.05) is 47.6 Å². The molecule has 3 heterocycles. The third-order valence-corrected chi connectivity index (χ3v) is 4.26. The van der Waals surface area contributed by atoms with E-state index in [-0.39, 0.29) is 5.92 Å². The van der Waals surface area contributed by atoms with Gasteiger partial charge in [-0.3, -0.25) is 4.98 Å². The Morgan fingerprint density at radius 3 is 2.59 bits per heavy atom. The van der Waals surface area contributed by atoms with E-state index in [1.807, 2.05) is 43.5 Å². The Kier molecular flexibility index (Phi) is 5.80. The normalized spacial score (nSPS) is 11.7. The van der Waals surface area contributed by atoms with E-state index in [0.717, 1.165) is 28.3 Å². The van der Waals surface area contributed by atoms with Crippen molar-refractivity contribution in [3.63, 3.8) is 0 Å². The van der Waals surface area contributed by atoms with Gasteiger partial charge in [0.15, 0.2) is 0 Å². The number of anilines is 1. The molecule has 0 saturated carbocycles. The smallest absolute Gasteiger partial charge is 0.219 e. The molecule has 3 aromatic heterocycles. The quantitative estimate of drug-likeness (QED) is 0.686. The lowest BCUT2D eigenvalue weighted by atomic mass is 10.0. The molecule has 1 unspecified atom stereocenters. The van der Waals surface area contributed by atoms with E-state index < -0.39 is 0 Å². The second-order valence-corrected chi connectivity index (χ2v) is 6.21. The summed E-state index contributed by atoms with van der Waals surface area (Å²) >= 11 is 0. The molecule has 0 saturated heterocycles. The van der Waals surface area contributed by atoms with Gasteiger partial charge in [0.05, 0.1) is 19.9 Å². The second kappa shape index (κ2) is 8.44. The average molecular weight is 365 g/mol. The molecule has 0 aromatic carbocycles. The van der Waals surface area contributed by atoms with E-state index >= 15 is 0 Å². The molecule has 0 bridgehead atoms. The summed E-state index contributed by atoms with van der Waals surface area (Å²) in [6.45, 7) is 4.73. The number of hydrogen-bond donors (Lipinski definition) is 1. The van der Waals surface area contributed by atoms with Crippen molar-refractivity contribution in [2.24, 2.45) is 0 Å². The largest absolute Gasteiger partial charge is 0.481 e. The van der Waals surface area contributed by atoms with Gasteiger partial charge >= 0.3 is 0 Å². The van der Waals surface area contributed by atoms with Crippen molar-refractivity contribution >= 4 is 5.82 Å². The van der Waals surface area contributed by atoms with Crippen molar-refractivity contribution < 1.29 is 9.47 Å². The SMILES string of the molecule is COc1ccc(C(C)CNc2cc(-c3ccc(C)nc3)ncn2)c(OC)n1. The molecule has 0 aliphatic heterocycles. The minimum Gasteiger partial charge on any atom is -0.481 e. The van der Waals surface area contributed by atoms with Crippen LogP contribution < -0.4 is 14.8 Å². The summed E-state index contributed by atoms with van der Waals surface area (Å²) in [6, 6.07) is 9.70. The van der Waals surface area contributed by atoms with Crippen LogP contribution in [0.2, 0.25) is 0 Å². The van der Waals surface area contributed by atoms with Gasteiger partial charge in [-0.15, -0.1) is 0 Å². The number of ether oxygens (including phenoxy) is 2. The summed E-state index contributed by atoms with van der Waals surface area (Å²) < 4.78 is 10.6. The minimum absolute atomic E-state index is 0.165. The molecule has 3 aromatic rings. The van der Waals surface area contributed by atoms with Crippen LogP contribution in [0.1, 0.15) is 24.1 Å². The number of nitrogens with one attached hydrogen (secondary N) is 1. The third kappa shape index (κ3) is 4.49. The van der Waals surface area contributed by atoms with Crippen LogP contribution >= 0.6 is 0 Å². The zero-order valence-corrected chi connectivity index (χ0v) is 15.9. The summed E-state index contributed by atoms with van der Waals surface area (Å²) in [5.41, 5.74) is 3.77. The maximum Gasteiger partial charge on any atom is 0.219 e. The number of aromatic nitrogens is 4. The fraction of sp³-hybridized carbons (Fsp3) is 0.300. The summed E-state index contributed by atoms with van der Waals surface area (Å²) in [7, 11) is 3.19. The van der Waals surface area contributed by atoms with Crippen LogP contribution in [0, 0.1) is 6.92 Å². The van der Waals surface area contributed by atoms with E-state index in [0.29, 0.717) is 18.3 Å². The Balaban J connectivity index is 1.71. The average Bonchev–Trinajstić information content (AvgIpc) is 2.72. The Morgan fingerprint density at radius 1 is 1.04 bits per heavy atom. The van der Waals surface area contributed by atoms with Gasteiger partial charge in [0.25, 0.3) is 0 Å². The highest BCUT2D eigenvalue weighted by atomic mass is 16.5. The predicted octanol–water partition coefficient (Wildman–Crippen LogP) is 3.47. The summed E-state index contributed by atoms with van der Waals surface area (Å²) in [4.78, 5) is 17.3. The molecular formula is C20H23N5O2. The maximum absolute atomic E-state index is 5.40. The Labute approximate surface area is 158 Å². The monoisotopic (exact) mass is 365 g/mol. The number of nitrogens with zero attached hydrogens (tertiary/aromatic N) is 4. The van der Waals surface area contributed by atoms with Crippen LogP contribution in [0.5, 0.6) is 11.8 Å².